The fourth-order valence-electron chi connectivity index (χ4n) is 2.02. The average Bonchev–Trinajstić information content (AvgIpc) is 2.47. The summed E-state index contributed by atoms with van der Waals surface area (Å²) in [4.78, 5) is 0. The molecule has 0 spiro atoms. The van der Waals surface area contributed by atoms with Crippen molar-refractivity contribution >= 4 is 0 Å². The third-order valence-electron chi connectivity index (χ3n) is 3.20. The Kier molecular flexibility index (Phi) is 4.39. The first-order valence-corrected chi connectivity index (χ1v) is 6.47. The van der Waals surface area contributed by atoms with Gasteiger partial charge in [0.25, 0.3) is 0 Å². The van der Waals surface area contributed by atoms with E-state index in [1.807, 2.05) is 50.2 Å². The van der Waals surface area contributed by atoms with Crippen molar-refractivity contribution in [3.05, 3.63) is 64.7 Å². The van der Waals surface area contributed by atoms with Gasteiger partial charge in [0.15, 0.2) is 6.10 Å². The lowest BCUT2D eigenvalue weighted by Crippen LogP contribution is -2.04. The lowest BCUT2D eigenvalue weighted by atomic mass is 10.0. The third kappa shape index (κ3) is 3.17. The van der Waals surface area contributed by atoms with Gasteiger partial charge in [0.2, 0.25) is 0 Å². The van der Waals surface area contributed by atoms with E-state index in [1.54, 1.807) is 12.1 Å². The van der Waals surface area contributed by atoms with Crippen LogP contribution in [0.1, 0.15) is 28.4 Å². The minimum absolute atomic E-state index is 0.333. The van der Waals surface area contributed by atoms with Crippen molar-refractivity contribution in [3.8, 4) is 11.8 Å². The number of nitrogens with zero attached hydrogens (tertiary/aromatic N) is 1. The highest BCUT2D eigenvalue weighted by molar-refractivity contribution is 5.37. The predicted octanol–water partition coefficient (Wildman–Crippen LogP) is 3.44. The first-order chi connectivity index (χ1) is 9.61. The summed E-state index contributed by atoms with van der Waals surface area (Å²) >= 11 is 0. The number of nitriles is 1. The van der Waals surface area contributed by atoms with Gasteiger partial charge in [0.05, 0.1) is 6.07 Å². The number of aliphatic hydroxyl groups is 1. The topological polar surface area (TPSA) is 53.2 Å². The van der Waals surface area contributed by atoms with E-state index in [0.717, 1.165) is 22.4 Å². The minimum Gasteiger partial charge on any atom is -0.489 e. The maximum absolute atomic E-state index is 9.69. The number of hydrogen-bond acceptors (Lipinski definition) is 3. The summed E-state index contributed by atoms with van der Waals surface area (Å²) in [6, 6.07) is 15.2. The summed E-state index contributed by atoms with van der Waals surface area (Å²) in [6.45, 7) is 4.34. The van der Waals surface area contributed by atoms with Crippen LogP contribution >= 0.6 is 0 Å². The van der Waals surface area contributed by atoms with Crippen molar-refractivity contribution in [2.24, 2.45) is 0 Å². The molecular weight excluding hydrogens is 250 g/mol. The quantitative estimate of drug-likeness (QED) is 0.863. The van der Waals surface area contributed by atoms with Gasteiger partial charge in [-0.3, -0.25) is 0 Å². The number of hydrogen-bond donors (Lipinski definition) is 1. The zero-order valence-electron chi connectivity index (χ0n) is 11.6. The number of rotatable bonds is 4. The summed E-state index contributed by atoms with van der Waals surface area (Å²) in [5, 5.41) is 18.5. The highest BCUT2D eigenvalue weighted by Crippen LogP contribution is 2.23. The smallest absolute Gasteiger partial charge is 0.166 e. The van der Waals surface area contributed by atoms with E-state index < -0.39 is 6.10 Å². The largest absolute Gasteiger partial charge is 0.489 e. The molecule has 1 atom stereocenters. The summed E-state index contributed by atoms with van der Waals surface area (Å²) in [5.41, 5.74) is 3.62. The lowest BCUT2D eigenvalue weighted by molar-refractivity contribution is 0.229. The summed E-state index contributed by atoms with van der Waals surface area (Å²) in [7, 11) is 0. The molecule has 102 valence electrons. The molecule has 0 fully saturated rings. The van der Waals surface area contributed by atoms with E-state index in [-0.39, 0.29) is 0 Å². The number of benzene rings is 2. The Morgan fingerprint density at radius 3 is 2.70 bits per heavy atom. The molecule has 1 unspecified atom stereocenters. The molecule has 0 bridgehead atoms. The molecule has 0 aliphatic carbocycles. The molecule has 0 amide bonds. The molecule has 2 rings (SSSR count). The van der Waals surface area contributed by atoms with Crippen molar-refractivity contribution in [1.29, 1.82) is 5.26 Å². The minimum atomic E-state index is -1.12. The van der Waals surface area contributed by atoms with E-state index in [2.05, 4.69) is 0 Å². The predicted molar refractivity (Wildman–Crippen MR) is 77.3 cm³/mol. The molecule has 3 heteroatoms. The fourth-order valence-corrected chi connectivity index (χ4v) is 2.02. The van der Waals surface area contributed by atoms with Crippen LogP contribution < -0.4 is 4.74 Å². The fraction of sp³-hybridized carbons (Fsp3) is 0.235. The normalized spacial score (nSPS) is 11.7. The van der Waals surface area contributed by atoms with Crippen LogP contribution in [-0.2, 0) is 6.61 Å². The molecule has 2 aromatic carbocycles. The highest BCUT2D eigenvalue weighted by atomic mass is 16.5. The van der Waals surface area contributed by atoms with E-state index in [4.69, 9.17) is 10.00 Å². The SMILES string of the molecule is Cc1ccc(C)c(OCc2ccccc2C(O)C#N)c1. The molecular formula is C17H17NO2. The lowest BCUT2D eigenvalue weighted by Gasteiger charge is -2.13. The van der Waals surface area contributed by atoms with Crippen molar-refractivity contribution in [2.75, 3.05) is 0 Å². The van der Waals surface area contributed by atoms with Crippen molar-refractivity contribution in [1.82, 2.24) is 0 Å². The van der Waals surface area contributed by atoms with Crippen LogP contribution in [0.2, 0.25) is 0 Å². The molecule has 0 radical (unpaired) electrons. The molecule has 0 saturated carbocycles. The van der Waals surface area contributed by atoms with Crippen molar-refractivity contribution in [3.63, 3.8) is 0 Å². The Morgan fingerprint density at radius 1 is 1.20 bits per heavy atom. The Morgan fingerprint density at radius 2 is 1.95 bits per heavy atom. The van der Waals surface area contributed by atoms with Crippen LogP contribution in [0.5, 0.6) is 5.75 Å². The second-order valence-electron chi connectivity index (χ2n) is 4.79. The maximum atomic E-state index is 9.69. The molecule has 0 aliphatic heterocycles. The molecule has 0 aromatic heterocycles. The van der Waals surface area contributed by atoms with Gasteiger partial charge in [0, 0.05) is 5.56 Å². The molecule has 1 N–H and O–H groups in total. The van der Waals surface area contributed by atoms with Crippen molar-refractivity contribution in [2.45, 2.75) is 26.6 Å². The Hall–Kier alpha value is -2.31. The number of ether oxygens (including phenoxy) is 1. The Labute approximate surface area is 119 Å². The first kappa shape index (κ1) is 14.1. The first-order valence-electron chi connectivity index (χ1n) is 6.47. The van der Waals surface area contributed by atoms with Gasteiger partial charge < -0.3 is 9.84 Å². The Balaban J connectivity index is 2.19. The van der Waals surface area contributed by atoms with Crippen LogP contribution in [0, 0.1) is 25.2 Å². The number of aliphatic hydroxyl groups excluding tert-OH is 1. The van der Waals surface area contributed by atoms with E-state index in [1.165, 1.54) is 0 Å². The average molecular weight is 267 g/mol. The van der Waals surface area contributed by atoms with E-state index in [9.17, 15) is 5.11 Å². The molecule has 3 nitrogen and oxygen atoms in total. The van der Waals surface area contributed by atoms with Gasteiger partial charge in [-0.05, 0) is 36.6 Å². The van der Waals surface area contributed by atoms with Crippen LogP contribution in [0.4, 0.5) is 0 Å². The van der Waals surface area contributed by atoms with Crippen LogP contribution in [-0.4, -0.2) is 5.11 Å². The van der Waals surface area contributed by atoms with Crippen LogP contribution in [0.25, 0.3) is 0 Å². The summed E-state index contributed by atoms with van der Waals surface area (Å²) < 4.78 is 5.82. The van der Waals surface area contributed by atoms with Crippen LogP contribution in [0.15, 0.2) is 42.5 Å². The summed E-state index contributed by atoms with van der Waals surface area (Å²) in [6.07, 6.45) is -1.12. The summed E-state index contributed by atoms with van der Waals surface area (Å²) in [5.74, 6) is 0.825. The van der Waals surface area contributed by atoms with E-state index >= 15 is 0 Å². The number of aryl methyl sites for hydroxylation is 2. The molecule has 0 aliphatic rings. The van der Waals surface area contributed by atoms with Gasteiger partial charge in [0.1, 0.15) is 12.4 Å². The molecule has 0 heterocycles. The Bertz CT molecular complexity index is 644. The van der Waals surface area contributed by atoms with Gasteiger partial charge in [-0.25, -0.2) is 0 Å². The van der Waals surface area contributed by atoms with Gasteiger partial charge in [-0.1, -0.05) is 36.4 Å². The molecule has 2 aromatic rings. The maximum Gasteiger partial charge on any atom is 0.166 e. The van der Waals surface area contributed by atoms with Crippen LogP contribution in [0.3, 0.4) is 0 Å². The van der Waals surface area contributed by atoms with Gasteiger partial charge >= 0.3 is 0 Å². The molecule has 0 saturated heterocycles. The highest BCUT2D eigenvalue weighted by Gasteiger charge is 2.11. The standard InChI is InChI=1S/C17H17NO2/c1-12-7-8-13(2)17(9-12)20-11-14-5-3-4-6-15(14)16(19)10-18/h3-9,16,19H,11H2,1-2H3. The van der Waals surface area contributed by atoms with Crippen molar-refractivity contribution < 1.29 is 9.84 Å². The monoisotopic (exact) mass is 267 g/mol. The van der Waals surface area contributed by atoms with Gasteiger partial charge in [-0.15, -0.1) is 0 Å². The van der Waals surface area contributed by atoms with E-state index in [0.29, 0.717) is 12.2 Å². The third-order valence-corrected chi connectivity index (χ3v) is 3.20. The van der Waals surface area contributed by atoms with Gasteiger partial charge in [-0.2, -0.15) is 5.26 Å². The molecule has 20 heavy (non-hydrogen) atoms. The second-order valence-corrected chi connectivity index (χ2v) is 4.79. The second kappa shape index (κ2) is 6.23. The zero-order chi connectivity index (χ0) is 14.5. The zero-order valence-corrected chi connectivity index (χ0v) is 11.6.